The molecular formula is C6H16N2O2S. The van der Waals surface area contributed by atoms with Crippen molar-refractivity contribution in [2.45, 2.75) is 26.3 Å². The number of rotatable bonds is 4. The molecule has 4 nitrogen and oxygen atoms in total. The summed E-state index contributed by atoms with van der Waals surface area (Å²) < 4.78 is 24.2. The minimum absolute atomic E-state index is 0.100. The van der Waals surface area contributed by atoms with E-state index in [2.05, 4.69) is 4.72 Å². The maximum atomic E-state index is 10.9. The lowest BCUT2D eigenvalue weighted by Gasteiger charge is -2.18. The molecule has 0 aromatic heterocycles. The highest BCUT2D eigenvalue weighted by Gasteiger charge is 2.14. The zero-order valence-electron chi connectivity index (χ0n) is 7.22. The van der Waals surface area contributed by atoms with Crippen molar-refractivity contribution in [1.29, 1.82) is 0 Å². The minimum Gasteiger partial charge on any atom is -0.324 e. The number of hydrogen-bond donors (Lipinski definition) is 2. The van der Waals surface area contributed by atoms with E-state index in [-0.39, 0.29) is 12.3 Å². The van der Waals surface area contributed by atoms with Gasteiger partial charge in [0.2, 0.25) is 10.0 Å². The molecule has 0 fully saturated rings. The van der Waals surface area contributed by atoms with Crippen molar-refractivity contribution < 1.29 is 8.42 Å². The summed E-state index contributed by atoms with van der Waals surface area (Å²) >= 11 is 0. The average molecular weight is 180 g/mol. The van der Waals surface area contributed by atoms with Gasteiger partial charge in [0.1, 0.15) is 0 Å². The van der Waals surface area contributed by atoms with Crippen LogP contribution in [0.3, 0.4) is 0 Å². The van der Waals surface area contributed by atoms with Crippen LogP contribution in [0.2, 0.25) is 0 Å². The Kier molecular flexibility index (Phi) is 3.47. The third kappa shape index (κ3) is 6.28. The lowest BCUT2D eigenvalue weighted by Crippen LogP contribution is -2.45. The first-order chi connectivity index (χ1) is 4.77. The smallest absolute Gasteiger partial charge is 0.211 e. The highest BCUT2D eigenvalue weighted by molar-refractivity contribution is 7.89. The minimum atomic E-state index is -3.08. The van der Waals surface area contributed by atoms with Gasteiger partial charge in [-0.05, 0) is 20.8 Å². The van der Waals surface area contributed by atoms with Gasteiger partial charge in [0.15, 0.2) is 0 Å². The Morgan fingerprint density at radius 2 is 1.91 bits per heavy atom. The summed E-state index contributed by atoms with van der Waals surface area (Å²) in [4.78, 5) is 0. The summed E-state index contributed by atoms with van der Waals surface area (Å²) in [6.07, 6.45) is 0. The van der Waals surface area contributed by atoms with Crippen LogP contribution in [-0.4, -0.2) is 26.3 Å². The molecule has 3 N–H and O–H groups in total. The molecule has 11 heavy (non-hydrogen) atoms. The first kappa shape index (κ1) is 10.9. The second-order valence-corrected chi connectivity index (χ2v) is 5.31. The van der Waals surface area contributed by atoms with E-state index in [1.54, 1.807) is 20.8 Å². The zero-order valence-corrected chi connectivity index (χ0v) is 8.03. The molecule has 0 aliphatic heterocycles. The van der Waals surface area contributed by atoms with Gasteiger partial charge in [-0.25, -0.2) is 13.1 Å². The first-order valence-corrected chi connectivity index (χ1v) is 5.18. The van der Waals surface area contributed by atoms with Crippen LogP contribution in [-0.2, 0) is 10.0 Å². The number of sulfonamides is 1. The fourth-order valence-electron chi connectivity index (χ4n) is 0.398. The number of nitrogens with two attached hydrogens (primary N) is 1. The van der Waals surface area contributed by atoms with Crippen molar-refractivity contribution in [2.75, 3.05) is 12.3 Å². The van der Waals surface area contributed by atoms with Crippen LogP contribution in [0.4, 0.5) is 0 Å². The quantitative estimate of drug-likeness (QED) is 0.622. The van der Waals surface area contributed by atoms with Crippen LogP contribution in [0, 0.1) is 0 Å². The molecule has 0 rings (SSSR count). The Labute approximate surface area is 68.2 Å². The Morgan fingerprint density at radius 1 is 1.45 bits per heavy atom. The van der Waals surface area contributed by atoms with Gasteiger partial charge in [0, 0.05) is 12.1 Å². The van der Waals surface area contributed by atoms with E-state index in [1.165, 1.54) is 0 Å². The van der Waals surface area contributed by atoms with Gasteiger partial charge in [0.05, 0.1) is 5.75 Å². The van der Waals surface area contributed by atoms with E-state index in [0.717, 1.165) is 0 Å². The van der Waals surface area contributed by atoms with Crippen molar-refractivity contribution in [3.05, 3.63) is 0 Å². The average Bonchev–Trinajstić information content (AvgIpc) is 1.83. The fraction of sp³-hybridized carbons (Fsp3) is 1.00. The SMILES string of the molecule is CCS(=O)(=O)NCC(C)(C)N. The zero-order chi connectivity index (χ0) is 9.12. The van der Waals surface area contributed by atoms with Gasteiger partial charge >= 0.3 is 0 Å². The largest absolute Gasteiger partial charge is 0.324 e. The molecule has 0 aliphatic carbocycles. The van der Waals surface area contributed by atoms with E-state index < -0.39 is 15.6 Å². The van der Waals surface area contributed by atoms with E-state index in [4.69, 9.17) is 5.73 Å². The highest BCUT2D eigenvalue weighted by atomic mass is 32.2. The summed E-state index contributed by atoms with van der Waals surface area (Å²) in [7, 11) is -3.08. The summed E-state index contributed by atoms with van der Waals surface area (Å²) in [5, 5.41) is 0. The van der Waals surface area contributed by atoms with Crippen molar-refractivity contribution in [3.8, 4) is 0 Å². The van der Waals surface area contributed by atoms with Gasteiger partial charge in [-0.1, -0.05) is 0 Å². The third-order valence-electron chi connectivity index (χ3n) is 1.13. The maximum Gasteiger partial charge on any atom is 0.211 e. The van der Waals surface area contributed by atoms with Gasteiger partial charge in [-0.2, -0.15) is 0 Å². The molecule has 0 unspecified atom stereocenters. The fourth-order valence-corrected chi connectivity index (χ4v) is 1.19. The highest BCUT2D eigenvalue weighted by Crippen LogP contribution is 1.94. The lowest BCUT2D eigenvalue weighted by molar-refractivity contribution is 0.498. The molecular weight excluding hydrogens is 164 g/mol. The third-order valence-corrected chi connectivity index (χ3v) is 2.47. The Bertz CT molecular complexity index is 203. The normalized spacial score (nSPS) is 13.5. The van der Waals surface area contributed by atoms with Crippen LogP contribution < -0.4 is 10.5 Å². The Morgan fingerprint density at radius 3 is 2.18 bits per heavy atom. The Hall–Kier alpha value is -0.130. The predicted octanol–water partition coefficient (Wildman–Crippen LogP) is -0.337. The number of hydrogen-bond acceptors (Lipinski definition) is 3. The van der Waals surface area contributed by atoms with Crippen LogP contribution in [0.1, 0.15) is 20.8 Å². The summed E-state index contributed by atoms with van der Waals surface area (Å²) in [6, 6.07) is 0. The molecule has 5 heteroatoms. The second-order valence-electron chi connectivity index (χ2n) is 3.21. The van der Waals surface area contributed by atoms with Gasteiger partial charge < -0.3 is 5.73 Å². The molecule has 0 aliphatic rings. The summed E-state index contributed by atoms with van der Waals surface area (Å²) in [5.74, 6) is 0.100. The lowest BCUT2D eigenvalue weighted by atomic mass is 10.1. The van der Waals surface area contributed by atoms with Crippen molar-refractivity contribution >= 4 is 10.0 Å². The number of nitrogens with one attached hydrogen (secondary N) is 1. The van der Waals surface area contributed by atoms with Crippen LogP contribution in [0.5, 0.6) is 0 Å². The molecule has 0 spiro atoms. The monoisotopic (exact) mass is 180 g/mol. The van der Waals surface area contributed by atoms with E-state index in [9.17, 15) is 8.42 Å². The second kappa shape index (κ2) is 3.51. The predicted molar refractivity (Wildman–Crippen MR) is 45.7 cm³/mol. The van der Waals surface area contributed by atoms with Gasteiger partial charge in [-0.3, -0.25) is 0 Å². The molecule has 0 amide bonds. The Balaban J connectivity index is 3.91. The maximum absolute atomic E-state index is 10.9. The molecule has 0 bridgehead atoms. The van der Waals surface area contributed by atoms with Gasteiger partial charge in [-0.15, -0.1) is 0 Å². The van der Waals surface area contributed by atoms with Gasteiger partial charge in [0.25, 0.3) is 0 Å². The molecule has 0 radical (unpaired) electrons. The molecule has 0 saturated carbocycles. The molecule has 0 aromatic carbocycles. The first-order valence-electron chi connectivity index (χ1n) is 3.53. The van der Waals surface area contributed by atoms with Crippen LogP contribution >= 0.6 is 0 Å². The molecule has 0 atom stereocenters. The molecule has 0 aromatic rings. The molecule has 68 valence electrons. The van der Waals surface area contributed by atoms with E-state index >= 15 is 0 Å². The standard InChI is InChI=1S/C6H16N2O2S/c1-4-11(9,10)8-5-6(2,3)7/h8H,4-5,7H2,1-3H3. The van der Waals surface area contributed by atoms with Crippen molar-refractivity contribution in [1.82, 2.24) is 4.72 Å². The van der Waals surface area contributed by atoms with E-state index in [0.29, 0.717) is 0 Å². The van der Waals surface area contributed by atoms with Crippen molar-refractivity contribution in [3.63, 3.8) is 0 Å². The molecule has 0 saturated heterocycles. The van der Waals surface area contributed by atoms with Crippen molar-refractivity contribution in [2.24, 2.45) is 5.73 Å². The topological polar surface area (TPSA) is 72.2 Å². The van der Waals surface area contributed by atoms with E-state index in [1.807, 2.05) is 0 Å². The van der Waals surface area contributed by atoms with Crippen LogP contribution in [0.25, 0.3) is 0 Å². The summed E-state index contributed by atoms with van der Waals surface area (Å²) in [5.41, 5.74) is 5.09. The van der Waals surface area contributed by atoms with Crippen LogP contribution in [0.15, 0.2) is 0 Å². The molecule has 0 heterocycles. The summed E-state index contributed by atoms with van der Waals surface area (Å²) in [6.45, 7) is 5.41.